The van der Waals surface area contributed by atoms with Gasteiger partial charge in [0.05, 0.1) is 12.7 Å². The minimum absolute atomic E-state index is 0.220. The van der Waals surface area contributed by atoms with Gasteiger partial charge in [-0.25, -0.2) is 9.97 Å². The highest BCUT2D eigenvalue weighted by Gasteiger charge is 2.32. The molecule has 1 N–H and O–H groups in total. The lowest BCUT2D eigenvalue weighted by Crippen LogP contribution is -2.46. The molecule has 5 nitrogen and oxygen atoms in total. The van der Waals surface area contributed by atoms with Gasteiger partial charge in [0.2, 0.25) is 0 Å². The standard InChI is InChI=1S/C15H23ClN4O/c1-3-13-14(16)18-10(2)19-15(13)17-8-12-9-20(6-7-21-12)11-4-5-11/h11-12H,3-9H2,1-2H3,(H,17,18,19). The van der Waals surface area contributed by atoms with Crippen molar-refractivity contribution >= 4 is 17.4 Å². The Morgan fingerprint density at radius 2 is 2.19 bits per heavy atom. The van der Waals surface area contributed by atoms with Crippen molar-refractivity contribution in [1.82, 2.24) is 14.9 Å². The van der Waals surface area contributed by atoms with E-state index in [1.54, 1.807) is 0 Å². The van der Waals surface area contributed by atoms with Crippen LogP contribution in [0.15, 0.2) is 0 Å². The van der Waals surface area contributed by atoms with Crippen LogP contribution in [0.1, 0.15) is 31.2 Å². The van der Waals surface area contributed by atoms with Gasteiger partial charge in [-0.05, 0) is 26.2 Å². The van der Waals surface area contributed by atoms with Crippen LogP contribution in [0, 0.1) is 6.92 Å². The zero-order valence-corrected chi connectivity index (χ0v) is 13.5. The molecule has 1 saturated heterocycles. The quantitative estimate of drug-likeness (QED) is 0.846. The first-order valence-corrected chi connectivity index (χ1v) is 8.17. The molecule has 1 aromatic heterocycles. The fourth-order valence-electron chi connectivity index (χ4n) is 2.87. The molecule has 2 heterocycles. The topological polar surface area (TPSA) is 50.3 Å². The highest BCUT2D eigenvalue weighted by atomic mass is 35.5. The van der Waals surface area contributed by atoms with E-state index in [1.165, 1.54) is 12.8 Å². The summed E-state index contributed by atoms with van der Waals surface area (Å²) in [6, 6.07) is 0.804. The van der Waals surface area contributed by atoms with Crippen molar-refractivity contribution in [1.29, 1.82) is 0 Å². The van der Waals surface area contributed by atoms with Gasteiger partial charge in [-0.15, -0.1) is 0 Å². The van der Waals surface area contributed by atoms with E-state index in [0.717, 1.165) is 50.1 Å². The Bertz CT molecular complexity index is 507. The molecule has 0 radical (unpaired) electrons. The van der Waals surface area contributed by atoms with Crippen LogP contribution >= 0.6 is 11.6 Å². The Balaban J connectivity index is 1.61. The molecule has 0 aromatic carbocycles. The summed E-state index contributed by atoms with van der Waals surface area (Å²) in [5, 5.41) is 3.96. The summed E-state index contributed by atoms with van der Waals surface area (Å²) in [5.41, 5.74) is 0.983. The molecule has 1 aromatic rings. The van der Waals surface area contributed by atoms with Crippen molar-refractivity contribution in [2.45, 2.75) is 45.3 Å². The average molecular weight is 311 g/mol. The Kier molecular flexibility index (Phi) is 4.62. The molecule has 116 valence electrons. The molecule has 1 atom stereocenters. The second kappa shape index (κ2) is 6.46. The van der Waals surface area contributed by atoms with Crippen LogP contribution in [0.5, 0.6) is 0 Å². The normalized spacial score (nSPS) is 23.3. The van der Waals surface area contributed by atoms with Crippen LogP contribution in [-0.4, -0.2) is 53.3 Å². The highest BCUT2D eigenvalue weighted by molar-refractivity contribution is 6.30. The number of hydrogen-bond donors (Lipinski definition) is 1. The van der Waals surface area contributed by atoms with Crippen molar-refractivity contribution < 1.29 is 4.74 Å². The molecule has 1 aliphatic carbocycles. The van der Waals surface area contributed by atoms with Gasteiger partial charge in [0.15, 0.2) is 0 Å². The molecule has 2 aliphatic rings. The second-order valence-electron chi connectivity index (χ2n) is 5.84. The van der Waals surface area contributed by atoms with Crippen LogP contribution in [0.2, 0.25) is 5.15 Å². The molecule has 6 heteroatoms. The number of rotatable bonds is 5. The van der Waals surface area contributed by atoms with Crippen LogP contribution in [0.4, 0.5) is 5.82 Å². The van der Waals surface area contributed by atoms with Crippen molar-refractivity contribution in [3.05, 3.63) is 16.5 Å². The molecule has 1 saturated carbocycles. The average Bonchev–Trinajstić information content (AvgIpc) is 3.29. The van der Waals surface area contributed by atoms with E-state index in [1.807, 2.05) is 6.92 Å². The number of halogens is 1. The van der Waals surface area contributed by atoms with Crippen LogP contribution < -0.4 is 5.32 Å². The van der Waals surface area contributed by atoms with Crippen molar-refractivity contribution in [3.8, 4) is 0 Å². The predicted octanol–water partition coefficient (Wildman–Crippen LogP) is 2.28. The van der Waals surface area contributed by atoms with E-state index in [4.69, 9.17) is 16.3 Å². The Morgan fingerprint density at radius 1 is 1.38 bits per heavy atom. The zero-order chi connectivity index (χ0) is 14.8. The fraction of sp³-hybridized carbons (Fsp3) is 0.733. The SMILES string of the molecule is CCc1c(Cl)nc(C)nc1NCC1CN(C2CC2)CCO1. The summed E-state index contributed by atoms with van der Waals surface area (Å²) < 4.78 is 5.86. The minimum atomic E-state index is 0.220. The number of aromatic nitrogens is 2. The predicted molar refractivity (Wildman–Crippen MR) is 84.0 cm³/mol. The van der Waals surface area contributed by atoms with E-state index in [2.05, 4.69) is 27.1 Å². The molecule has 0 spiro atoms. The third-order valence-electron chi connectivity index (χ3n) is 4.15. The number of ether oxygens (including phenoxy) is 1. The van der Waals surface area contributed by atoms with E-state index >= 15 is 0 Å². The van der Waals surface area contributed by atoms with Gasteiger partial charge >= 0.3 is 0 Å². The first-order chi connectivity index (χ1) is 10.2. The monoisotopic (exact) mass is 310 g/mol. The fourth-order valence-corrected chi connectivity index (χ4v) is 3.21. The van der Waals surface area contributed by atoms with E-state index < -0.39 is 0 Å². The molecular formula is C15H23ClN4O. The van der Waals surface area contributed by atoms with Crippen molar-refractivity contribution in [2.24, 2.45) is 0 Å². The molecule has 0 amide bonds. The lowest BCUT2D eigenvalue weighted by Gasteiger charge is -2.33. The van der Waals surface area contributed by atoms with Gasteiger partial charge in [-0.2, -0.15) is 0 Å². The molecule has 2 fully saturated rings. The number of nitrogens with one attached hydrogen (secondary N) is 1. The van der Waals surface area contributed by atoms with Gasteiger partial charge < -0.3 is 10.1 Å². The van der Waals surface area contributed by atoms with Crippen molar-refractivity contribution in [3.63, 3.8) is 0 Å². The van der Waals surface area contributed by atoms with E-state index in [0.29, 0.717) is 11.0 Å². The highest BCUT2D eigenvalue weighted by Crippen LogP contribution is 2.28. The van der Waals surface area contributed by atoms with Gasteiger partial charge in [-0.1, -0.05) is 18.5 Å². The van der Waals surface area contributed by atoms with Gasteiger partial charge in [0, 0.05) is 31.2 Å². The summed E-state index contributed by atoms with van der Waals surface area (Å²) in [6.07, 6.45) is 3.74. The Hall–Kier alpha value is -0.910. The van der Waals surface area contributed by atoms with Crippen LogP contribution in [-0.2, 0) is 11.2 Å². The third-order valence-corrected chi connectivity index (χ3v) is 4.47. The van der Waals surface area contributed by atoms with Crippen LogP contribution in [0.25, 0.3) is 0 Å². The summed E-state index contributed by atoms with van der Waals surface area (Å²) >= 11 is 6.20. The molecule has 0 bridgehead atoms. The number of hydrogen-bond acceptors (Lipinski definition) is 5. The number of morpholine rings is 1. The smallest absolute Gasteiger partial charge is 0.138 e. The van der Waals surface area contributed by atoms with Gasteiger partial charge in [0.1, 0.15) is 16.8 Å². The summed E-state index contributed by atoms with van der Waals surface area (Å²) in [4.78, 5) is 11.2. The Labute approximate surface area is 131 Å². The molecule has 3 rings (SSSR count). The first kappa shape index (κ1) is 15.0. The lowest BCUT2D eigenvalue weighted by atomic mass is 10.2. The summed E-state index contributed by atoms with van der Waals surface area (Å²) in [6.45, 7) is 7.60. The third kappa shape index (κ3) is 3.65. The minimum Gasteiger partial charge on any atom is -0.374 e. The maximum atomic E-state index is 6.20. The number of anilines is 1. The molecule has 21 heavy (non-hydrogen) atoms. The van der Waals surface area contributed by atoms with E-state index in [-0.39, 0.29) is 6.10 Å². The number of nitrogens with zero attached hydrogens (tertiary/aromatic N) is 3. The summed E-state index contributed by atoms with van der Waals surface area (Å²) in [7, 11) is 0. The molecule has 1 unspecified atom stereocenters. The molecule has 1 aliphatic heterocycles. The lowest BCUT2D eigenvalue weighted by molar-refractivity contribution is -0.0241. The van der Waals surface area contributed by atoms with Crippen molar-refractivity contribution in [2.75, 3.05) is 31.6 Å². The number of aryl methyl sites for hydroxylation is 1. The largest absolute Gasteiger partial charge is 0.374 e. The Morgan fingerprint density at radius 3 is 2.90 bits per heavy atom. The van der Waals surface area contributed by atoms with Gasteiger partial charge in [0.25, 0.3) is 0 Å². The van der Waals surface area contributed by atoms with Gasteiger partial charge in [-0.3, -0.25) is 4.90 Å². The maximum absolute atomic E-state index is 6.20. The first-order valence-electron chi connectivity index (χ1n) is 7.80. The second-order valence-corrected chi connectivity index (χ2v) is 6.20. The zero-order valence-electron chi connectivity index (χ0n) is 12.7. The van der Waals surface area contributed by atoms with E-state index in [9.17, 15) is 0 Å². The van der Waals surface area contributed by atoms with Crippen LogP contribution in [0.3, 0.4) is 0 Å². The maximum Gasteiger partial charge on any atom is 0.138 e. The summed E-state index contributed by atoms with van der Waals surface area (Å²) in [5.74, 6) is 1.55. The molecular weight excluding hydrogens is 288 g/mol.